The van der Waals surface area contributed by atoms with Crippen molar-refractivity contribution in [3.05, 3.63) is 59.9 Å². The molecule has 0 aliphatic heterocycles. The molecule has 0 aliphatic carbocycles. The topological polar surface area (TPSA) is 79.8 Å². The molecule has 1 atom stereocenters. The Morgan fingerprint density at radius 1 is 1.18 bits per heavy atom. The fourth-order valence-electron chi connectivity index (χ4n) is 2.53. The van der Waals surface area contributed by atoms with Crippen molar-refractivity contribution in [3.63, 3.8) is 0 Å². The number of halogens is 1. The average Bonchev–Trinajstić information content (AvgIpc) is 2.64. The van der Waals surface area contributed by atoms with Gasteiger partial charge in [0.2, 0.25) is 0 Å². The second-order valence-corrected chi connectivity index (χ2v) is 8.45. The Bertz CT molecular complexity index is 916. The summed E-state index contributed by atoms with van der Waals surface area (Å²) in [5.41, 5.74) is 1.12. The lowest BCUT2D eigenvalue weighted by atomic mass is 10.2. The minimum atomic E-state index is -3.72. The number of aliphatic imine (C=N–C) groups is 1. The first kappa shape index (κ1) is 21.7. The van der Waals surface area contributed by atoms with E-state index in [4.69, 9.17) is 4.74 Å². The lowest BCUT2D eigenvalue weighted by Crippen LogP contribution is -2.43. The predicted octanol–water partition coefficient (Wildman–Crippen LogP) is 2.54. The quantitative estimate of drug-likeness (QED) is 0.519. The Labute approximate surface area is 165 Å². The number of nitrogens with zero attached hydrogens (tertiary/aromatic N) is 1. The van der Waals surface area contributed by atoms with Crippen LogP contribution >= 0.6 is 0 Å². The zero-order chi connectivity index (χ0) is 20.6. The van der Waals surface area contributed by atoms with Crippen LogP contribution in [0.2, 0.25) is 0 Å². The molecule has 0 amide bonds. The first-order valence-corrected chi connectivity index (χ1v) is 10.6. The highest BCUT2D eigenvalue weighted by atomic mass is 32.2. The molecule has 28 heavy (non-hydrogen) atoms. The summed E-state index contributed by atoms with van der Waals surface area (Å²) in [6, 6.07) is 13.1. The molecular weight excluding hydrogens is 381 g/mol. The summed E-state index contributed by atoms with van der Waals surface area (Å²) in [5.74, 6) is 0.244. The zero-order valence-corrected chi connectivity index (χ0v) is 17.1. The molecule has 2 aromatic rings. The van der Waals surface area contributed by atoms with Crippen LogP contribution in [0.1, 0.15) is 12.5 Å². The molecule has 0 aliphatic rings. The largest absolute Gasteiger partial charge is 0.489 e. The second-order valence-electron chi connectivity index (χ2n) is 6.37. The van der Waals surface area contributed by atoms with Gasteiger partial charge in [0.15, 0.2) is 15.8 Å². The van der Waals surface area contributed by atoms with E-state index in [0.717, 1.165) is 17.4 Å². The van der Waals surface area contributed by atoms with Gasteiger partial charge in [-0.15, -0.1) is 0 Å². The number of hydrogen-bond acceptors (Lipinski definition) is 4. The van der Waals surface area contributed by atoms with Crippen LogP contribution in [0.25, 0.3) is 0 Å². The molecule has 0 radical (unpaired) electrons. The highest BCUT2D eigenvalue weighted by Gasteiger charge is 2.18. The number of hydrogen-bond donors (Lipinski definition) is 2. The van der Waals surface area contributed by atoms with Crippen LogP contribution < -0.4 is 15.4 Å². The zero-order valence-electron chi connectivity index (χ0n) is 16.3. The van der Waals surface area contributed by atoms with Crippen LogP contribution in [0.15, 0.2) is 58.4 Å². The van der Waals surface area contributed by atoms with Gasteiger partial charge in [0.1, 0.15) is 22.6 Å². The van der Waals surface area contributed by atoms with Crippen molar-refractivity contribution in [1.29, 1.82) is 0 Å². The van der Waals surface area contributed by atoms with Gasteiger partial charge in [-0.05, 0) is 43.7 Å². The first-order chi connectivity index (χ1) is 13.3. The maximum atomic E-state index is 13.7. The predicted molar refractivity (Wildman–Crippen MR) is 109 cm³/mol. The molecule has 8 heteroatoms. The number of sulfone groups is 1. The number of nitrogens with one attached hydrogen (secondary N) is 2. The molecule has 0 fully saturated rings. The fourth-order valence-corrected chi connectivity index (χ4v) is 3.78. The van der Waals surface area contributed by atoms with Crippen molar-refractivity contribution < 1.29 is 17.5 Å². The fraction of sp³-hybridized carbons (Fsp3) is 0.350. The SMILES string of the molecule is CN=C(NCCS(=O)(=O)c1ccccc1F)NCC(C)Oc1cccc(C)c1. The first-order valence-electron chi connectivity index (χ1n) is 8.97. The molecule has 0 heterocycles. The molecule has 0 aromatic heterocycles. The van der Waals surface area contributed by atoms with E-state index in [1.807, 2.05) is 38.1 Å². The smallest absolute Gasteiger partial charge is 0.191 e. The molecule has 1 unspecified atom stereocenters. The summed E-state index contributed by atoms with van der Waals surface area (Å²) in [4.78, 5) is 3.77. The van der Waals surface area contributed by atoms with E-state index in [0.29, 0.717) is 12.5 Å². The van der Waals surface area contributed by atoms with Crippen molar-refractivity contribution in [3.8, 4) is 5.75 Å². The number of aryl methyl sites for hydroxylation is 1. The van der Waals surface area contributed by atoms with E-state index in [1.54, 1.807) is 7.05 Å². The highest BCUT2D eigenvalue weighted by Crippen LogP contribution is 2.15. The number of rotatable bonds is 8. The van der Waals surface area contributed by atoms with E-state index >= 15 is 0 Å². The summed E-state index contributed by atoms with van der Waals surface area (Å²) < 4.78 is 44.1. The Kier molecular flexibility index (Phi) is 7.80. The standard InChI is InChI=1S/C20H26FN3O3S/c1-15-7-6-8-17(13-15)27-16(2)14-24-20(22-3)23-11-12-28(25,26)19-10-5-4-9-18(19)21/h4-10,13,16H,11-12,14H2,1-3H3,(H2,22,23,24). The Morgan fingerprint density at radius 3 is 2.61 bits per heavy atom. The summed E-state index contributed by atoms with van der Waals surface area (Å²) in [6.07, 6.45) is -0.123. The minimum Gasteiger partial charge on any atom is -0.489 e. The second kappa shape index (κ2) is 10.1. The summed E-state index contributed by atoms with van der Waals surface area (Å²) in [6.45, 7) is 4.50. The Morgan fingerprint density at radius 2 is 1.93 bits per heavy atom. The number of benzene rings is 2. The van der Waals surface area contributed by atoms with Gasteiger partial charge in [-0.2, -0.15) is 0 Å². The van der Waals surface area contributed by atoms with Crippen LogP contribution in [0, 0.1) is 12.7 Å². The summed E-state index contributed by atoms with van der Waals surface area (Å²) in [7, 11) is -2.13. The maximum absolute atomic E-state index is 13.7. The minimum absolute atomic E-state index is 0.101. The number of guanidine groups is 1. The van der Waals surface area contributed by atoms with Gasteiger partial charge < -0.3 is 15.4 Å². The van der Waals surface area contributed by atoms with Crippen LogP contribution in [-0.2, 0) is 9.84 Å². The van der Waals surface area contributed by atoms with Gasteiger partial charge >= 0.3 is 0 Å². The molecular formula is C20H26FN3O3S. The third-order valence-corrected chi connectivity index (χ3v) is 5.69. The van der Waals surface area contributed by atoms with Gasteiger partial charge in [-0.3, -0.25) is 4.99 Å². The molecule has 0 bridgehead atoms. The molecule has 0 spiro atoms. The van der Waals surface area contributed by atoms with Gasteiger partial charge in [0, 0.05) is 13.6 Å². The molecule has 2 N–H and O–H groups in total. The average molecular weight is 408 g/mol. The van der Waals surface area contributed by atoms with E-state index in [-0.39, 0.29) is 23.3 Å². The van der Waals surface area contributed by atoms with Crippen LogP contribution in [0.3, 0.4) is 0 Å². The van der Waals surface area contributed by atoms with Crippen LogP contribution in [-0.4, -0.2) is 46.4 Å². The van der Waals surface area contributed by atoms with E-state index < -0.39 is 15.7 Å². The van der Waals surface area contributed by atoms with Gasteiger partial charge in [-0.1, -0.05) is 24.3 Å². The van der Waals surface area contributed by atoms with Crippen molar-refractivity contribution in [1.82, 2.24) is 10.6 Å². The third-order valence-electron chi connectivity index (χ3n) is 3.94. The van der Waals surface area contributed by atoms with Crippen molar-refractivity contribution in [2.24, 2.45) is 4.99 Å². The van der Waals surface area contributed by atoms with Crippen molar-refractivity contribution in [2.75, 3.05) is 25.9 Å². The van der Waals surface area contributed by atoms with Crippen LogP contribution in [0.4, 0.5) is 4.39 Å². The van der Waals surface area contributed by atoms with Gasteiger partial charge in [-0.25, -0.2) is 12.8 Å². The summed E-state index contributed by atoms with van der Waals surface area (Å²) in [5, 5.41) is 6.01. The van der Waals surface area contributed by atoms with Crippen molar-refractivity contribution >= 4 is 15.8 Å². The molecule has 2 rings (SSSR count). The van der Waals surface area contributed by atoms with E-state index in [1.165, 1.54) is 18.2 Å². The Hall–Kier alpha value is -2.61. The maximum Gasteiger partial charge on any atom is 0.191 e. The highest BCUT2D eigenvalue weighted by molar-refractivity contribution is 7.91. The summed E-state index contributed by atoms with van der Waals surface area (Å²) >= 11 is 0. The normalized spacial score (nSPS) is 13.1. The molecule has 152 valence electrons. The monoisotopic (exact) mass is 407 g/mol. The molecule has 0 saturated carbocycles. The Balaban J connectivity index is 1.80. The van der Waals surface area contributed by atoms with E-state index in [2.05, 4.69) is 15.6 Å². The molecule has 0 saturated heterocycles. The lowest BCUT2D eigenvalue weighted by Gasteiger charge is -2.18. The third kappa shape index (κ3) is 6.53. The van der Waals surface area contributed by atoms with Crippen LogP contribution in [0.5, 0.6) is 5.75 Å². The lowest BCUT2D eigenvalue weighted by molar-refractivity contribution is 0.223. The van der Waals surface area contributed by atoms with E-state index in [9.17, 15) is 12.8 Å². The van der Waals surface area contributed by atoms with Gasteiger partial charge in [0.25, 0.3) is 0 Å². The van der Waals surface area contributed by atoms with Crippen molar-refractivity contribution in [2.45, 2.75) is 24.8 Å². The molecule has 2 aromatic carbocycles. The molecule has 6 nitrogen and oxygen atoms in total. The van der Waals surface area contributed by atoms with Gasteiger partial charge in [0.05, 0.1) is 12.3 Å². The number of ether oxygens (including phenoxy) is 1.